The maximum absolute atomic E-state index is 13.3. The van der Waals surface area contributed by atoms with Gasteiger partial charge in [-0.1, -0.05) is 97.1 Å². The zero-order chi connectivity index (χ0) is 28.7. The Labute approximate surface area is 252 Å². The van der Waals surface area contributed by atoms with Crippen LogP contribution in [0.25, 0.3) is 0 Å². The monoisotopic (exact) mass is 600 g/mol. The lowest BCUT2D eigenvalue weighted by atomic mass is 10.1. The van der Waals surface area contributed by atoms with E-state index in [4.69, 9.17) is 24.4 Å². The highest BCUT2D eigenvalue weighted by Crippen LogP contribution is 2.28. The first kappa shape index (κ1) is 28.7. The Bertz CT molecular complexity index is 1440. The van der Waals surface area contributed by atoms with Gasteiger partial charge in [0.05, 0.1) is 23.6 Å². The van der Waals surface area contributed by atoms with E-state index in [9.17, 15) is 8.42 Å². The topological polar surface area (TPSA) is 64.7 Å². The summed E-state index contributed by atoms with van der Waals surface area (Å²) in [7, 11) is -3.39. The summed E-state index contributed by atoms with van der Waals surface area (Å²) in [6, 6.07) is 38.5. The van der Waals surface area contributed by atoms with Crippen LogP contribution >= 0.6 is 24.4 Å². The van der Waals surface area contributed by atoms with Crippen molar-refractivity contribution in [3.63, 3.8) is 0 Å². The second kappa shape index (κ2) is 13.2. The fraction of sp³-hybridized carbons (Fsp3) is 0.188. The Balaban J connectivity index is 1.52. The van der Waals surface area contributed by atoms with Crippen molar-refractivity contribution >= 4 is 55.9 Å². The van der Waals surface area contributed by atoms with Gasteiger partial charge >= 0.3 is 0 Å². The second-order valence-corrected chi connectivity index (χ2v) is 13.0. The van der Waals surface area contributed by atoms with E-state index in [-0.39, 0.29) is 11.5 Å². The van der Waals surface area contributed by atoms with Gasteiger partial charge in [0.15, 0.2) is 20.1 Å². The smallest absolute Gasteiger partial charge is 0.174 e. The lowest BCUT2D eigenvalue weighted by Gasteiger charge is -2.40. The van der Waals surface area contributed by atoms with Crippen molar-refractivity contribution in [3.8, 4) is 0 Å². The molecule has 0 aliphatic carbocycles. The third-order valence-corrected chi connectivity index (χ3v) is 9.43. The van der Waals surface area contributed by atoms with Crippen molar-refractivity contribution in [3.05, 3.63) is 132 Å². The summed E-state index contributed by atoms with van der Waals surface area (Å²) in [6.45, 7) is 0.905. The molecular weight excluding hydrogens is 569 g/mol. The van der Waals surface area contributed by atoms with Crippen LogP contribution in [-0.2, 0) is 22.9 Å². The average molecular weight is 601 g/mol. The minimum atomic E-state index is -3.39. The van der Waals surface area contributed by atoms with Crippen LogP contribution in [-0.4, -0.2) is 52.0 Å². The van der Waals surface area contributed by atoms with Crippen LogP contribution in [0.1, 0.15) is 11.1 Å². The molecule has 0 saturated carbocycles. The molecule has 0 bridgehead atoms. The maximum atomic E-state index is 13.3. The Hall–Kier alpha value is -3.79. The van der Waals surface area contributed by atoms with Crippen LogP contribution in [0.15, 0.2) is 121 Å². The van der Waals surface area contributed by atoms with E-state index in [0.29, 0.717) is 23.3 Å². The van der Waals surface area contributed by atoms with Gasteiger partial charge in [-0.25, -0.2) is 8.42 Å². The minimum absolute atomic E-state index is 0.0274. The zero-order valence-corrected chi connectivity index (χ0v) is 24.9. The van der Waals surface area contributed by atoms with E-state index >= 15 is 0 Å². The normalized spacial score (nSPS) is 17.4. The van der Waals surface area contributed by atoms with Gasteiger partial charge in [0.25, 0.3) is 0 Å². The van der Waals surface area contributed by atoms with Crippen molar-refractivity contribution in [1.82, 2.24) is 9.80 Å². The molecule has 0 radical (unpaired) electrons. The molecule has 1 aliphatic rings. The van der Waals surface area contributed by atoms with E-state index < -0.39 is 21.9 Å². The Morgan fingerprint density at radius 2 is 0.902 bits per heavy atom. The highest BCUT2D eigenvalue weighted by molar-refractivity contribution is 7.91. The first-order chi connectivity index (χ1) is 19.9. The van der Waals surface area contributed by atoms with Crippen molar-refractivity contribution in [2.24, 2.45) is 0 Å². The predicted molar refractivity (Wildman–Crippen MR) is 176 cm³/mol. The summed E-state index contributed by atoms with van der Waals surface area (Å²) in [5.74, 6) is -0.0549. The first-order valence-electron chi connectivity index (χ1n) is 13.4. The number of rotatable bonds is 8. The Morgan fingerprint density at radius 3 is 1.24 bits per heavy atom. The van der Waals surface area contributed by atoms with Gasteiger partial charge in [0.1, 0.15) is 0 Å². The molecule has 41 heavy (non-hydrogen) atoms. The van der Waals surface area contributed by atoms with E-state index in [2.05, 4.69) is 10.6 Å². The summed E-state index contributed by atoms with van der Waals surface area (Å²) in [5, 5.41) is 7.61. The molecule has 0 amide bonds. The maximum Gasteiger partial charge on any atom is 0.174 e. The molecular formula is C32H32N4O2S3. The third kappa shape index (κ3) is 7.70. The van der Waals surface area contributed by atoms with Crippen LogP contribution in [0, 0.1) is 0 Å². The number of hydrogen-bond donors (Lipinski definition) is 2. The first-order valence-corrected chi connectivity index (χ1v) is 16.1. The number of anilines is 2. The van der Waals surface area contributed by atoms with Crippen LogP contribution in [0.4, 0.5) is 11.4 Å². The number of para-hydroxylation sites is 2. The molecule has 1 heterocycles. The van der Waals surface area contributed by atoms with E-state index in [1.165, 1.54) is 0 Å². The number of benzene rings is 4. The highest BCUT2D eigenvalue weighted by atomic mass is 32.2. The zero-order valence-electron chi connectivity index (χ0n) is 22.5. The molecule has 5 rings (SSSR count). The summed E-state index contributed by atoms with van der Waals surface area (Å²) < 4.78 is 26.7. The lowest BCUT2D eigenvalue weighted by molar-refractivity contribution is 0.208. The van der Waals surface area contributed by atoms with E-state index in [1.54, 1.807) is 0 Å². The van der Waals surface area contributed by atoms with Gasteiger partial charge in [-0.15, -0.1) is 0 Å². The predicted octanol–water partition coefficient (Wildman–Crippen LogP) is 5.95. The molecule has 4 aromatic carbocycles. The van der Waals surface area contributed by atoms with E-state index in [0.717, 1.165) is 22.5 Å². The molecule has 9 heteroatoms. The minimum Gasteiger partial charge on any atom is -0.339 e. The molecule has 1 aliphatic heterocycles. The van der Waals surface area contributed by atoms with Gasteiger partial charge < -0.3 is 20.4 Å². The molecule has 2 atom stereocenters. The number of thiocarbonyl (C=S) groups is 2. The molecule has 4 aromatic rings. The molecule has 2 N–H and O–H groups in total. The van der Waals surface area contributed by atoms with Crippen LogP contribution in [0.2, 0.25) is 0 Å². The molecule has 6 nitrogen and oxygen atoms in total. The fourth-order valence-corrected chi connectivity index (χ4v) is 7.70. The average Bonchev–Trinajstić information content (AvgIpc) is 3.31. The van der Waals surface area contributed by atoms with Crippen LogP contribution in [0.5, 0.6) is 0 Å². The quantitative estimate of drug-likeness (QED) is 0.241. The Morgan fingerprint density at radius 1 is 0.585 bits per heavy atom. The largest absolute Gasteiger partial charge is 0.339 e. The summed E-state index contributed by atoms with van der Waals surface area (Å²) in [5.41, 5.74) is 3.76. The van der Waals surface area contributed by atoms with Crippen LogP contribution in [0.3, 0.4) is 0 Å². The number of sulfone groups is 1. The second-order valence-electron chi connectivity index (χ2n) is 10.0. The molecule has 1 saturated heterocycles. The molecule has 0 unspecified atom stereocenters. The Kier molecular flexibility index (Phi) is 9.28. The number of hydrogen-bond acceptors (Lipinski definition) is 4. The standard InChI is InChI=1S/C32H32N4O2S3/c37-41(38)23-29(35(21-25-13-5-1-6-14-25)31(39)33-27-17-9-3-10-18-27)30(24-41)36(22-26-15-7-2-8-16-26)32(40)34-28-19-11-4-12-20-28/h1-20,29-30H,21-24H2,(H,33,39)(H,34,40)/t29-,30-/m1/s1. The van der Waals surface area contributed by atoms with Crippen molar-refractivity contribution in [2.45, 2.75) is 25.2 Å². The molecule has 0 aromatic heterocycles. The SMILES string of the molecule is O=S1(=O)C[C@@H](N(Cc2ccccc2)C(=S)Nc2ccccc2)[C@H](N(Cc2ccccc2)C(=S)Nc2ccccc2)C1. The summed E-state index contributed by atoms with van der Waals surface area (Å²) >= 11 is 11.9. The molecule has 0 spiro atoms. The number of nitrogens with one attached hydrogen (secondary N) is 2. The van der Waals surface area contributed by atoms with Crippen molar-refractivity contribution < 1.29 is 8.42 Å². The fourth-order valence-electron chi connectivity index (χ4n) is 5.08. The van der Waals surface area contributed by atoms with Gasteiger partial charge in [-0.05, 0) is 59.8 Å². The van der Waals surface area contributed by atoms with Crippen LogP contribution < -0.4 is 10.6 Å². The van der Waals surface area contributed by atoms with Gasteiger partial charge in [0, 0.05) is 24.5 Å². The summed E-state index contributed by atoms with van der Waals surface area (Å²) in [6.07, 6.45) is 0. The van der Waals surface area contributed by atoms with Crippen molar-refractivity contribution in [2.75, 3.05) is 22.1 Å². The summed E-state index contributed by atoms with van der Waals surface area (Å²) in [4.78, 5) is 4.02. The van der Waals surface area contributed by atoms with E-state index in [1.807, 2.05) is 131 Å². The van der Waals surface area contributed by atoms with Gasteiger partial charge in [-0.3, -0.25) is 0 Å². The number of nitrogens with zero attached hydrogens (tertiary/aromatic N) is 2. The third-order valence-electron chi connectivity index (χ3n) is 7.06. The van der Waals surface area contributed by atoms with Gasteiger partial charge in [0.2, 0.25) is 0 Å². The lowest BCUT2D eigenvalue weighted by Crippen LogP contribution is -2.55. The van der Waals surface area contributed by atoms with Gasteiger partial charge in [-0.2, -0.15) is 0 Å². The molecule has 1 fully saturated rings. The molecule has 210 valence electrons. The highest BCUT2D eigenvalue weighted by Gasteiger charge is 2.45. The van der Waals surface area contributed by atoms with Crippen molar-refractivity contribution in [1.29, 1.82) is 0 Å².